The smallest absolute Gasteiger partial charge is 0.311 e. The zero-order valence-electron chi connectivity index (χ0n) is 16.5. The lowest BCUT2D eigenvalue weighted by Crippen LogP contribution is -2.45. The fraction of sp³-hybridized carbons (Fsp3) is 0.286. The van der Waals surface area contributed by atoms with Gasteiger partial charge in [0.05, 0.1) is 24.1 Å². The molecular weight excluding hydrogens is 392 g/mol. The number of ether oxygens (including phenoxy) is 2. The summed E-state index contributed by atoms with van der Waals surface area (Å²) in [5, 5.41) is 11.2. The molecule has 0 saturated carbocycles. The molecule has 9 nitrogen and oxygen atoms in total. The van der Waals surface area contributed by atoms with E-state index in [1.165, 1.54) is 25.3 Å². The number of carbonyl (C=O) groups excluding carboxylic acids is 3. The number of nitro benzene ring substituents is 1. The molecule has 1 atom stereocenters. The van der Waals surface area contributed by atoms with Crippen molar-refractivity contribution in [2.24, 2.45) is 0 Å². The lowest BCUT2D eigenvalue weighted by Gasteiger charge is -2.21. The molecule has 0 aromatic heterocycles. The summed E-state index contributed by atoms with van der Waals surface area (Å²) in [5.41, 5.74) is -0.207. The van der Waals surface area contributed by atoms with Crippen molar-refractivity contribution in [2.45, 2.75) is 25.9 Å². The van der Waals surface area contributed by atoms with Crippen LogP contribution in [0.4, 0.5) is 5.69 Å². The third kappa shape index (κ3) is 4.00. The number of amides is 2. The van der Waals surface area contributed by atoms with E-state index in [0.717, 1.165) is 11.0 Å². The Morgan fingerprint density at radius 3 is 2.63 bits per heavy atom. The number of nitrogens with zero attached hydrogens (tertiary/aromatic N) is 2. The van der Waals surface area contributed by atoms with Crippen LogP contribution in [0.15, 0.2) is 42.5 Å². The van der Waals surface area contributed by atoms with Crippen LogP contribution in [-0.4, -0.2) is 47.2 Å². The third-order valence-electron chi connectivity index (χ3n) is 4.72. The minimum Gasteiger partial charge on any atom is -0.490 e. The van der Waals surface area contributed by atoms with Crippen molar-refractivity contribution in [3.05, 3.63) is 63.7 Å². The van der Waals surface area contributed by atoms with E-state index in [4.69, 9.17) is 9.47 Å². The molecule has 0 saturated heterocycles. The van der Waals surface area contributed by atoms with Gasteiger partial charge in [-0.2, -0.15) is 0 Å². The lowest BCUT2D eigenvalue weighted by atomic mass is 10.1. The normalized spacial score (nSPS) is 15.8. The van der Waals surface area contributed by atoms with Crippen molar-refractivity contribution in [3.63, 3.8) is 0 Å². The number of imide groups is 1. The molecular formula is C21H20N2O7. The Kier molecular flexibility index (Phi) is 6.10. The molecule has 2 amide bonds. The average Bonchev–Trinajstić information content (AvgIpc) is 2.84. The van der Waals surface area contributed by atoms with Gasteiger partial charge in [0.2, 0.25) is 0 Å². The quantitative estimate of drug-likeness (QED) is 0.297. The second kappa shape index (κ2) is 8.73. The predicted molar refractivity (Wildman–Crippen MR) is 106 cm³/mol. The molecule has 9 heteroatoms. The van der Waals surface area contributed by atoms with Crippen LogP contribution in [-0.2, 0) is 4.79 Å². The first kappa shape index (κ1) is 21.0. The van der Waals surface area contributed by atoms with E-state index in [9.17, 15) is 24.5 Å². The van der Waals surface area contributed by atoms with Gasteiger partial charge in [-0.15, -0.1) is 0 Å². The minimum atomic E-state index is -0.902. The summed E-state index contributed by atoms with van der Waals surface area (Å²) < 4.78 is 10.7. The molecule has 2 aromatic carbocycles. The van der Waals surface area contributed by atoms with Gasteiger partial charge in [0.25, 0.3) is 11.8 Å². The maximum absolute atomic E-state index is 13.0. The van der Waals surface area contributed by atoms with Crippen LogP contribution in [0.3, 0.4) is 0 Å². The Balaban J connectivity index is 1.94. The predicted octanol–water partition coefficient (Wildman–Crippen LogP) is 3.02. The van der Waals surface area contributed by atoms with E-state index in [2.05, 4.69) is 0 Å². The number of methoxy groups -OCH3 is 1. The molecule has 0 aliphatic carbocycles. The molecule has 0 radical (unpaired) electrons. The summed E-state index contributed by atoms with van der Waals surface area (Å²) in [7, 11) is 1.28. The molecule has 0 fully saturated rings. The number of ketones is 1. The first-order chi connectivity index (χ1) is 14.4. The summed E-state index contributed by atoms with van der Waals surface area (Å²) in [4.78, 5) is 50.2. The first-order valence-corrected chi connectivity index (χ1v) is 9.34. The Morgan fingerprint density at radius 1 is 1.23 bits per heavy atom. The standard InChI is InChI=1S/C21H20N2O7/c1-3-6-19-21(26)22(20(25)14-7-4-5-8-17(14)30-19)12-16(24)13-9-10-18(29-2)15(11-13)23(27)28/h4-5,7-11,19H,3,6,12H2,1-2H3/t19-/m1/s1. The maximum atomic E-state index is 13.0. The molecule has 0 unspecified atom stereocenters. The van der Waals surface area contributed by atoms with E-state index >= 15 is 0 Å². The summed E-state index contributed by atoms with van der Waals surface area (Å²) in [6, 6.07) is 10.2. The highest BCUT2D eigenvalue weighted by molar-refractivity contribution is 6.12. The number of para-hydroxylation sites is 1. The van der Waals surface area contributed by atoms with Gasteiger partial charge in [-0.3, -0.25) is 29.4 Å². The summed E-state index contributed by atoms with van der Waals surface area (Å²) >= 11 is 0. The minimum absolute atomic E-state index is 0.00353. The zero-order valence-corrected chi connectivity index (χ0v) is 16.5. The molecule has 1 heterocycles. The van der Waals surface area contributed by atoms with Gasteiger partial charge in [0, 0.05) is 11.6 Å². The Labute approximate surface area is 172 Å². The fourth-order valence-corrected chi connectivity index (χ4v) is 3.20. The number of benzene rings is 2. The average molecular weight is 412 g/mol. The van der Waals surface area contributed by atoms with Crippen LogP contribution in [0.2, 0.25) is 0 Å². The van der Waals surface area contributed by atoms with Crippen molar-refractivity contribution in [1.82, 2.24) is 4.90 Å². The van der Waals surface area contributed by atoms with E-state index < -0.39 is 35.2 Å². The van der Waals surface area contributed by atoms with Crippen molar-refractivity contribution in [3.8, 4) is 11.5 Å². The van der Waals surface area contributed by atoms with E-state index in [1.54, 1.807) is 18.2 Å². The van der Waals surface area contributed by atoms with E-state index in [0.29, 0.717) is 12.8 Å². The number of Topliss-reactive ketones (excluding diaryl/α,β-unsaturated/α-hetero) is 1. The van der Waals surface area contributed by atoms with Crippen LogP contribution in [0, 0.1) is 10.1 Å². The van der Waals surface area contributed by atoms with Gasteiger partial charge in [-0.25, -0.2) is 0 Å². The van der Waals surface area contributed by atoms with Crippen LogP contribution >= 0.6 is 0 Å². The monoisotopic (exact) mass is 412 g/mol. The van der Waals surface area contributed by atoms with Crippen molar-refractivity contribution >= 4 is 23.3 Å². The van der Waals surface area contributed by atoms with E-state index in [1.807, 2.05) is 6.92 Å². The molecule has 2 aromatic rings. The van der Waals surface area contributed by atoms with Crippen molar-refractivity contribution in [2.75, 3.05) is 13.7 Å². The second-order valence-corrected chi connectivity index (χ2v) is 6.69. The largest absolute Gasteiger partial charge is 0.490 e. The summed E-state index contributed by atoms with van der Waals surface area (Å²) in [6.07, 6.45) is 0.110. The molecule has 0 N–H and O–H groups in total. The van der Waals surface area contributed by atoms with Gasteiger partial charge in [0.1, 0.15) is 5.75 Å². The number of nitro groups is 1. The molecule has 3 rings (SSSR count). The van der Waals surface area contributed by atoms with Gasteiger partial charge < -0.3 is 9.47 Å². The third-order valence-corrected chi connectivity index (χ3v) is 4.72. The van der Waals surface area contributed by atoms with Gasteiger partial charge in [0.15, 0.2) is 17.6 Å². The zero-order chi connectivity index (χ0) is 21.8. The summed E-state index contributed by atoms with van der Waals surface area (Å²) in [6.45, 7) is 1.32. The molecule has 1 aliphatic heterocycles. The Morgan fingerprint density at radius 2 is 1.97 bits per heavy atom. The first-order valence-electron chi connectivity index (χ1n) is 9.34. The SMILES string of the molecule is CCC[C@H]1Oc2ccccc2C(=O)N(CC(=O)c2ccc(OC)c([N+](=O)[O-])c2)C1=O. The Hall–Kier alpha value is -3.75. The van der Waals surface area contributed by atoms with Crippen LogP contribution < -0.4 is 9.47 Å². The number of fused-ring (bicyclic) bond motifs is 1. The van der Waals surface area contributed by atoms with Crippen molar-refractivity contribution < 1.29 is 28.8 Å². The Bertz CT molecular complexity index is 1020. The van der Waals surface area contributed by atoms with Crippen molar-refractivity contribution in [1.29, 1.82) is 0 Å². The lowest BCUT2D eigenvalue weighted by molar-refractivity contribution is -0.385. The highest BCUT2D eigenvalue weighted by atomic mass is 16.6. The van der Waals surface area contributed by atoms with Crippen LogP contribution in [0.1, 0.15) is 40.5 Å². The van der Waals surface area contributed by atoms with Gasteiger partial charge in [-0.05, 0) is 30.7 Å². The summed E-state index contributed by atoms with van der Waals surface area (Å²) in [5.74, 6) is -1.59. The molecule has 0 spiro atoms. The molecule has 156 valence electrons. The van der Waals surface area contributed by atoms with Gasteiger partial charge in [-0.1, -0.05) is 25.5 Å². The number of hydrogen-bond donors (Lipinski definition) is 0. The fourth-order valence-electron chi connectivity index (χ4n) is 3.20. The molecule has 0 bridgehead atoms. The van der Waals surface area contributed by atoms with Crippen LogP contribution in [0.5, 0.6) is 11.5 Å². The molecule has 1 aliphatic rings. The topological polar surface area (TPSA) is 116 Å². The highest BCUT2D eigenvalue weighted by Gasteiger charge is 2.37. The maximum Gasteiger partial charge on any atom is 0.311 e. The van der Waals surface area contributed by atoms with Crippen LogP contribution in [0.25, 0.3) is 0 Å². The number of rotatable bonds is 7. The highest BCUT2D eigenvalue weighted by Crippen LogP contribution is 2.29. The van der Waals surface area contributed by atoms with E-state index in [-0.39, 0.29) is 28.3 Å². The molecule has 30 heavy (non-hydrogen) atoms. The number of carbonyl (C=O) groups is 3. The van der Waals surface area contributed by atoms with Gasteiger partial charge >= 0.3 is 5.69 Å². The number of hydrogen-bond acceptors (Lipinski definition) is 7. The second-order valence-electron chi connectivity index (χ2n) is 6.69.